The zero-order chi connectivity index (χ0) is 19.2. The first-order valence-electron chi connectivity index (χ1n) is 9.01. The van der Waals surface area contributed by atoms with E-state index in [1.54, 1.807) is 6.20 Å². The molecule has 0 amide bonds. The third-order valence-electron chi connectivity index (χ3n) is 3.65. The second-order valence-corrected chi connectivity index (χ2v) is 6.13. The van der Waals surface area contributed by atoms with Crippen LogP contribution in [0.15, 0.2) is 44.8 Å². The molecule has 0 aromatic rings. The Kier molecular flexibility index (Phi) is 12.0. The molecule has 0 spiro atoms. The number of rotatable bonds is 10. The van der Waals surface area contributed by atoms with Gasteiger partial charge < -0.3 is 16.0 Å². The highest BCUT2D eigenvalue weighted by Crippen LogP contribution is 2.15. The summed E-state index contributed by atoms with van der Waals surface area (Å²) in [6.45, 7) is 10.5. The van der Waals surface area contributed by atoms with Gasteiger partial charge in [-0.15, -0.1) is 0 Å². The number of allylic oxidation sites excluding steroid dienone is 3. The van der Waals surface area contributed by atoms with E-state index in [2.05, 4.69) is 42.5 Å². The first kappa shape index (κ1) is 22.8. The van der Waals surface area contributed by atoms with E-state index in [9.17, 15) is 0 Å². The first-order chi connectivity index (χ1) is 11.9. The van der Waals surface area contributed by atoms with Crippen LogP contribution < -0.4 is 10.6 Å². The van der Waals surface area contributed by atoms with Crippen LogP contribution in [0.3, 0.4) is 0 Å². The van der Waals surface area contributed by atoms with Crippen molar-refractivity contribution in [2.24, 2.45) is 15.9 Å². The molecule has 0 aromatic carbocycles. The number of amidine groups is 1. The van der Waals surface area contributed by atoms with Crippen LogP contribution in [-0.4, -0.2) is 32.4 Å². The highest BCUT2D eigenvalue weighted by molar-refractivity contribution is 6.01. The predicted molar refractivity (Wildman–Crippen MR) is 112 cm³/mol. The summed E-state index contributed by atoms with van der Waals surface area (Å²) in [7, 11) is 3.67. The van der Waals surface area contributed by atoms with E-state index in [0.717, 1.165) is 41.8 Å². The molecule has 1 unspecified atom stereocenters. The minimum absolute atomic E-state index is 0.420. The maximum atomic E-state index is 7.68. The van der Waals surface area contributed by atoms with Crippen molar-refractivity contribution in [2.45, 2.75) is 53.9 Å². The van der Waals surface area contributed by atoms with Gasteiger partial charge in [-0.3, -0.25) is 4.99 Å². The van der Waals surface area contributed by atoms with Gasteiger partial charge in [0.05, 0.1) is 5.70 Å². The maximum Gasteiger partial charge on any atom is 0.152 e. The zero-order valence-corrected chi connectivity index (χ0v) is 16.9. The molecule has 5 nitrogen and oxygen atoms in total. The number of hydrogen-bond donors (Lipinski definition) is 3. The molecule has 0 radical (unpaired) electrons. The first-order valence-corrected chi connectivity index (χ1v) is 9.01. The van der Waals surface area contributed by atoms with E-state index in [1.165, 1.54) is 6.21 Å². The summed E-state index contributed by atoms with van der Waals surface area (Å²) < 4.78 is 0. The van der Waals surface area contributed by atoms with Crippen molar-refractivity contribution >= 4 is 18.3 Å². The van der Waals surface area contributed by atoms with Gasteiger partial charge in [0, 0.05) is 38.3 Å². The molecule has 0 rings (SSSR count). The van der Waals surface area contributed by atoms with E-state index in [1.807, 2.05) is 34.2 Å². The van der Waals surface area contributed by atoms with Gasteiger partial charge in [-0.25, -0.2) is 4.99 Å². The quantitative estimate of drug-likeness (QED) is 0.311. The lowest BCUT2D eigenvalue weighted by Crippen LogP contribution is -2.22. The molecule has 0 aliphatic carbocycles. The van der Waals surface area contributed by atoms with Crippen LogP contribution in [0.4, 0.5) is 0 Å². The molecule has 0 bridgehead atoms. The largest absolute Gasteiger partial charge is 0.393 e. The van der Waals surface area contributed by atoms with Crippen LogP contribution in [0.1, 0.15) is 53.9 Å². The SMILES string of the molecule is CCC/C=C(/N=C(/NC)C(/N=C\C(C)CC)=C(C)C)C(\C=N)=C\NC. The summed E-state index contributed by atoms with van der Waals surface area (Å²) in [4.78, 5) is 9.45. The normalized spacial score (nSPS) is 14.4. The number of hydrogen-bond acceptors (Lipinski definition) is 4. The van der Waals surface area contributed by atoms with Gasteiger partial charge in [0.25, 0.3) is 0 Å². The Morgan fingerprint density at radius 1 is 1.20 bits per heavy atom. The lowest BCUT2D eigenvalue weighted by molar-refractivity contribution is 0.754. The summed E-state index contributed by atoms with van der Waals surface area (Å²) in [5.41, 5.74) is 3.45. The molecular weight excluding hydrogens is 310 g/mol. The fraction of sp³-hybridized carbons (Fsp3) is 0.550. The molecule has 25 heavy (non-hydrogen) atoms. The highest BCUT2D eigenvalue weighted by atomic mass is 15.0. The fourth-order valence-corrected chi connectivity index (χ4v) is 1.94. The number of aliphatic imine (C=N–C) groups is 2. The number of likely N-dealkylation sites (N-methyl/N-ethyl adjacent to an activating group) is 1. The number of nitrogens with zero attached hydrogens (tertiary/aromatic N) is 2. The maximum absolute atomic E-state index is 7.68. The Hall–Kier alpha value is -2.17. The van der Waals surface area contributed by atoms with Crippen molar-refractivity contribution in [3.05, 3.63) is 34.8 Å². The summed E-state index contributed by atoms with van der Waals surface area (Å²) in [6, 6.07) is 0. The van der Waals surface area contributed by atoms with Crippen molar-refractivity contribution in [1.82, 2.24) is 10.6 Å². The van der Waals surface area contributed by atoms with Crippen LogP contribution in [0.25, 0.3) is 0 Å². The zero-order valence-electron chi connectivity index (χ0n) is 16.9. The number of nitrogens with one attached hydrogen (secondary N) is 3. The summed E-state index contributed by atoms with van der Waals surface area (Å²) in [5.74, 6) is 1.13. The van der Waals surface area contributed by atoms with Crippen molar-refractivity contribution in [1.29, 1.82) is 5.41 Å². The van der Waals surface area contributed by atoms with E-state index in [4.69, 9.17) is 10.4 Å². The topological polar surface area (TPSA) is 72.6 Å². The Bertz CT molecular complexity index is 561. The molecule has 0 aromatic heterocycles. The summed E-state index contributed by atoms with van der Waals surface area (Å²) in [6.07, 6.45) is 10.1. The van der Waals surface area contributed by atoms with Crippen LogP contribution in [0.2, 0.25) is 0 Å². The van der Waals surface area contributed by atoms with Gasteiger partial charge in [0.1, 0.15) is 5.70 Å². The third-order valence-corrected chi connectivity index (χ3v) is 3.65. The lowest BCUT2D eigenvalue weighted by atomic mass is 10.1. The molecule has 140 valence electrons. The smallest absolute Gasteiger partial charge is 0.152 e. The Labute approximate surface area is 153 Å². The monoisotopic (exact) mass is 345 g/mol. The van der Waals surface area contributed by atoms with Crippen molar-refractivity contribution in [2.75, 3.05) is 14.1 Å². The summed E-state index contributed by atoms with van der Waals surface area (Å²) in [5, 5.41) is 13.8. The van der Waals surface area contributed by atoms with E-state index < -0.39 is 0 Å². The third kappa shape index (κ3) is 8.47. The molecule has 0 heterocycles. The van der Waals surface area contributed by atoms with Gasteiger partial charge in [-0.1, -0.05) is 33.3 Å². The van der Waals surface area contributed by atoms with Crippen LogP contribution >= 0.6 is 0 Å². The standard InChI is InChI=1S/C20H35N5/c1-8-10-11-18(17(12-21)14-22-6)25-20(23-7)19(15(3)4)24-13-16(5)9-2/h11-14,16,21-22H,8-10H2,1-7H3,(H,23,25)/b17-14+,18-11+,21-12?,24-13-. The Balaban J connectivity index is 6.04. The molecule has 0 saturated carbocycles. The number of unbranched alkanes of at least 4 members (excludes halogenated alkanes) is 1. The average Bonchev–Trinajstić information content (AvgIpc) is 2.61. The minimum atomic E-state index is 0.420. The van der Waals surface area contributed by atoms with Crippen molar-refractivity contribution in [3.8, 4) is 0 Å². The second kappa shape index (κ2) is 13.2. The molecule has 0 saturated heterocycles. The Morgan fingerprint density at radius 2 is 1.88 bits per heavy atom. The van der Waals surface area contributed by atoms with E-state index >= 15 is 0 Å². The average molecular weight is 346 g/mol. The van der Waals surface area contributed by atoms with Crippen LogP contribution in [0.5, 0.6) is 0 Å². The van der Waals surface area contributed by atoms with Crippen LogP contribution in [0, 0.1) is 11.3 Å². The molecule has 1 atom stereocenters. The molecule has 3 N–H and O–H groups in total. The molecule has 0 aliphatic rings. The molecule has 0 aliphatic heterocycles. The van der Waals surface area contributed by atoms with Gasteiger partial charge in [0.2, 0.25) is 0 Å². The highest BCUT2D eigenvalue weighted by Gasteiger charge is 2.10. The van der Waals surface area contributed by atoms with Gasteiger partial charge >= 0.3 is 0 Å². The van der Waals surface area contributed by atoms with E-state index in [0.29, 0.717) is 11.8 Å². The van der Waals surface area contributed by atoms with E-state index in [-0.39, 0.29) is 0 Å². The van der Waals surface area contributed by atoms with Crippen molar-refractivity contribution in [3.63, 3.8) is 0 Å². The van der Waals surface area contributed by atoms with Crippen molar-refractivity contribution < 1.29 is 0 Å². The van der Waals surface area contributed by atoms with Gasteiger partial charge in [0.15, 0.2) is 5.84 Å². The minimum Gasteiger partial charge on any atom is -0.393 e. The predicted octanol–water partition coefficient (Wildman–Crippen LogP) is 4.45. The van der Waals surface area contributed by atoms with Crippen LogP contribution in [-0.2, 0) is 0 Å². The fourth-order valence-electron chi connectivity index (χ4n) is 1.94. The summed E-state index contributed by atoms with van der Waals surface area (Å²) >= 11 is 0. The molecule has 0 fully saturated rings. The van der Waals surface area contributed by atoms with Gasteiger partial charge in [-0.05, 0) is 38.2 Å². The lowest BCUT2D eigenvalue weighted by Gasteiger charge is -2.12. The molecular formula is C20H35N5. The second-order valence-electron chi connectivity index (χ2n) is 6.13. The van der Waals surface area contributed by atoms with Gasteiger partial charge in [-0.2, -0.15) is 0 Å². The Morgan fingerprint density at radius 3 is 2.32 bits per heavy atom. The molecule has 5 heteroatoms.